The van der Waals surface area contributed by atoms with Crippen LogP contribution in [0.4, 0.5) is 5.69 Å². The highest BCUT2D eigenvalue weighted by Crippen LogP contribution is 2.13. The molecule has 21 heavy (non-hydrogen) atoms. The second kappa shape index (κ2) is 5.70. The van der Waals surface area contributed by atoms with Gasteiger partial charge in [0.25, 0.3) is 5.91 Å². The highest BCUT2D eigenvalue weighted by atomic mass is 32.2. The largest absolute Gasteiger partial charge is 0.321 e. The molecular formula is C13H10N4O3S. The van der Waals surface area contributed by atoms with Crippen molar-refractivity contribution in [3.63, 3.8) is 0 Å². The molecule has 1 aromatic carbocycles. The van der Waals surface area contributed by atoms with E-state index in [0.717, 1.165) is 0 Å². The smallest absolute Gasteiger partial charge is 0.274 e. The predicted octanol–water partition coefficient (Wildman–Crippen LogP) is 0.853. The van der Waals surface area contributed by atoms with E-state index in [1.807, 2.05) is 6.07 Å². The van der Waals surface area contributed by atoms with Gasteiger partial charge in [-0.2, -0.15) is 5.26 Å². The second-order valence-corrected chi connectivity index (χ2v) is 5.63. The lowest BCUT2D eigenvalue weighted by Gasteiger charge is -2.05. The Morgan fingerprint density at radius 2 is 1.86 bits per heavy atom. The lowest BCUT2D eigenvalue weighted by molar-refractivity contribution is 0.102. The maximum Gasteiger partial charge on any atom is 0.274 e. The molecule has 0 saturated heterocycles. The number of rotatable bonds is 3. The Hall–Kier alpha value is -2.76. The lowest BCUT2D eigenvalue weighted by atomic mass is 10.2. The first-order chi connectivity index (χ1) is 9.90. The molecule has 0 atom stereocenters. The number of anilines is 1. The van der Waals surface area contributed by atoms with Gasteiger partial charge < -0.3 is 5.32 Å². The molecule has 106 valence electrons. The molecule has 0 unspecified atom stereocenters. The van der Waals surface area contributed by atoms with Crippen LogP contribution in [0, 0.1) is 11.3 Å². The number of sulfonamides is 1. The third kappa shape index (κ3) is 3.62. The zero-order valence-electron chi connectivity index (χ0n) is 10.6. The van der Waals surface area contributed by atoms with Crippen molar-refractivity contribution >= 4 is 21.6 Å². The number of carbonyl (C=O) groups excluding carboxylic acids is 1. The number of pyridine rings is 1. The van der Waals surface area contributed by atoms with Crippen LogP contribution in [0.15, 0.2) is 47.5 Å². The fourth-order valence-corrected chi connectivity index (χ4v) is 2.03. The number of nitriles is 1. The summed E-state index contributed by atoms with van der Waals surface area (Å²) in [6, 6.07) is 10.2. The van der Waals surface area contributed by atoms with Gasteiger partial charge in [-0.3, -0.25) is 4.79 Å². The normalized spacial score (nSPS) is 10.7. The molecule has 8 heteroatoms. The van der Waals surface area contributed by atoms with Crippen LogP contribution >= 0.6 is 0 Å². The van der Waals surface area contributed by atoms with Crippen molar-refractivity contribution in [2.45, 2.75) is 4.90 Å². The summed E-state index contributed by atoms with van der Waals surface area (Å²) in [6.45, 7) is 0. The standard InChI is InChI=1S/C13H10N4O3S/c14-7-9-1-6-12(16-8-9)13(18)17-10-2-4-11(5-3-10)21(15,19)20/h1-6,8H,(H,17,18)(H2,15,19,20). The number of benzene rings is 1. The number of carbonyl (C=O) groups is 1. The predicted molar refractivity (Wildman–Crippen MR) is 74.7 cm³/mol. The Bertz CT molecular complexity index is 806. The summed E-state index contributed by atoms with van der Waals surface area (Å²) in [7, 11) is -3.76. The van der Waals surface area contributed by atoms with E-state index in [-0.39, 0.29) is 10.6 Å². The number of primary sulfonamides is 1. The van der Waals surface area contributed by atoms with E-state index in [4.69, 9.17) is 10.4 Å². The molecule has 0 aliphatic carbocycles. The number of nitrogens with one attached hydrogen (secondary N) is 1. The van der Waals surface area contributed by atoms with Gasteiger partial charge in [0.05, 0.1) is 10.5 Å². The van der Waals surface area contributed by atoms with E-state index in [9.17, 15) is 13.2 Å². The maximum atomic E-state index is 11.9. The topological polar surface area (TPSA) is 126 Å². The van der Waals surface area contributed by atoms with Crippen LogP contribution in [-0.4, -0.2) is 19.3 Å². The summed E-state index contributed by atoms with van der Waals surface area (Å²) >= 11 is 0. The van der Waals surface area contributed by atoms with Crippen LogP contribution in [0.5, 0.6) is 0 Å². The van der Waals surface area contributed by atoms with E-state index in [1.165, 1.54) is 42.6 Å². The van der Waals surface area contributed by atoms with Gasteiger partial charge in [-0.25, -0.2) is 18.5 Å². The number of hydrogen-bond donors (Lipinski definition) is 2. The molecular weight excluding hydrogens is 292 g/mol. The first-order valence-electron chi connectivity index (χ1n) is 5.70. The van der Waals surface area contributed by atoms with Crippen LogP contribution in [0.2, 0.25) is 0 Å². The third-order valence-corrected chi connectivity index (χ3v) is 3.50. The average molecular weight is 302 g/mol. The van der Waals surface area contributed by atoms with E-state index in [0.29, 0.717) is 11.3 Å². The summed E-state index contributed by atoms with van der Waals surface area (Å²) in [6.07, 6.45) is 1.29. The number of aromatic nitrogens is 1. The Morgan fingerprint density at radius 1 is 1.19 bits per heavy atom. The number of nitrogens with zero attached hydrogens (tertiary/aromatic N) is 2. The maximum absolute atomic E-state index is 11.9. The van der Waals surface area contributed by atoms with Gasteiger partial charge in [-0.1, -0.05) is 0 Å². The summed E-state index contributed by atoms with van der Waals surface area (Å²) < 4.78 is 22.2. The van der Waals surface area contributed by atoms with Crippen molar-refractivity contribution in [2.24, 2.45) is 5.14 Å². The Kier molecular flexibility index (Phi) is 3.98. The van der Waals surface area contributed by atoms with Crippen LogP contribution < -0.4 is 10.5 Å². The Balaban J connectivity index is 2.14. The molecule has 0 aliphatic rings. The monoisotopic (exact) mass is 302 g/mol. The van der Waals surface area contributed by atoms with Gasteiger partial charge in [0.15, 0.2) is 0 Å². The molecule has 0 saturated carbocycles. The average Bonchev–Trinajstić information content (AvgIpc) is 2.47. The molecule has 0 radical (unpaired) electrons. The van der Waals surface area contributed by atoms with Gasteiger partial charge in [0.1, 0.15) is 11.8 Å². The molecule has 1 aromatic heterocycles. The zero-order chi connectivity index (χ0) is 15.5. The molecule has 0 bridgehead atoms. The highest BCUT2D eigenvalue weighted by molar-refractivity contribution is 7.89. The van der Waals surface area contributed by atoms with Crippen LogP contribution in [0.1, 0.15) is 16.1 Å². The van der Waals surface area contributed by atoms with E-state index >= 15 is 0 Å². The fourth-order valence-electron chi connectivity index (χ4n) is 1.52. The van der Waals surface area contributed by atoms with Crippen LogP contribution in [0.25, 0.3) is 0 Å². The van der Waals surface area contributed by atoms with Crippen molar-refractivity contribution in [1.82, 2.24) is 4.98 Å². The van der Waals surface area contributed by atoms with Gasteiger partial charge in [-0.15, -0.1) is 0 Å². The second-order valence-electron chi connectivity index (χ2n) is 4.07. The van der Waals surface area contributed by atoms with E-state index < -0.39 is 15.9 Å². The first kappa shape index (κ1) is 14.6. The van der Waals surface area contributed by atoms with Crippen molar-refractivity contribution in [3.8, 4) is 6.07 Å². The number of nitrogens with two attached hydrogens (primary N) is 1. The quantitative estimate of drug-likeness (QED) is 0.869. The zero-order valence-corrected chi connectivity index (χ0v) is 11.5. The molecule has 7 nitrogen and oxygen atoms in total. The van der Waals surface area contributed by atoms with Crippen LogP contribution in [-0.2, 0) is 10.0 Å². The molecule has 2 aromatic rings. The summed E-state index contributed by atoms with van der Waals surface area (Å²) in [5, 5.41) is 16.2. The molecule has 0 spiro atoms. The summed E-state index contributed by atoms with van der Waals surface area (Å²) in [4.78, 5) is 15.7. The minimum atomic E-state index is -3.76. The highest BCUT2D eigenvalue weighted by Gasteiger charge is 2.10. The first-order valence-corrected chi connectivity index (χ1v) is 7.25. The van der Waals surface area contributed by atoms with Gasteiger partial charge in [0, 0.05) is 11.9 Å². The lowest BCUT2D eigenvalue weighted by Crippen LogP contribution is -2.14. The van der Waals surface area contributed by atoms with Gasteiger partial charge >= 0.3 is 0 Å². The Labute approximate surface area is 121 Å². The van der Waals surface area contributed by atoms with Gasteiger partial charge in [0.2, 0.25) is 10.0 Å². The Morgan fingerprint density at radius 3 is 2.33 bits per heavy atom. The number of amides is 1. The SMILES string of the molecule is N#Cc1ccc(C(=O)Nc2ccc(S(N)(=O)=O)cc2)nc1. The molecule has 0 aliphatic heterocycles. The minimum absolute atomic E-state index is 0.0444. The third-order valence-electron chi connectivity index (χ3n) is 2.57. The number of hydrogen-bond acceptors (Lipinski definition) is 5. The van der Waals surface area contributed by atoms with E-state index in [1.54, 1.807) is 0 Å². The minimum Gasteiger partial charge on any atom is -0.321 e. The van der Waals surface area contributed by atoms with Crippen molar-refractivity contribution in [1.29, 1.82) is 5.26 Å². The molecule has 2 rings (SSSR count). The molecule has 0 fully saturated rings. The van der Waals surface area contributed by atoms with Crippen LogP contribution in [0.3, 0.4) is 0 Å². The fraction of sp³-hybridized carbons (Fsp3) is 0. The van der Waals surface area contributed by atoms with Crippen molar-refractivity contribution in [2.75, 3.05) is 5.32 Å². The molecule has 1 heterocycles. The van der Waals surface area contributed by atoms with Crippen molar-refractivity contribution in [3.05, 3.63) is 53.9 Å². The molecule has 3 N–H and O–H groups in total. The van der Waals surface area contributed by atoms with Crippen molar-refractivity contribution < 1.29 is 13.2 Å². The van der Waals surface area contributed by atoms with Gasteiger partial charge in [-0.05, 0) is 36.4 Å². The van der Waals surface area contributed by atoms with E-state index in [2.05, 4.69) is 10.3 Å². The summed E-state index contributed by atoms with van der Waals surface area (Å²) in [5.41, 5.74) is 0.895. The summed E-state index contributed by atoms with van der Waals surface area (Å²) in [5.74, 6) is -0.470. The molecule has 1 amide bonds.